The number of hydrogen-bond donors (Lipinski definition) is 2. The molecule has 1 saturated heterocycles. The molecule has 5 heteroatoms. The summed E-state index contributed by atoms with van der Waals surface area (Å²) in [7, 11) is 1.61. The van der Waals surface area contributed by atoms with E-state index in [1.807, 2.05) is 19.1 Å². The molecule has 2 rings (SSSR count). The summed E-state index contributed by atoms with van der Waals surface area (Å²) in [5, 5.41) is 17.9. The van der Waals surface area contributed by atoms with Crippen LogP contribution < -0.4 is 0 Å². The molecule has 1 aromatic carbocycles. The van der Waals surface area contributed by atoms with E-state index < -0.39 is 0 Å². The van der Waals surface area contributed by atoms with E-state index in [9.17, 15) is 9.90 Å². The number of nitrogens with zero attached hydrogens (tertiary/aromatic N) is 1. The molecule has 1 unspecified atom stereocenters. The third kappa shape index (κ3) is 3.36. The van der Waals surface area contributed by atoms with Gasteiger partial charge in [-0.1, -0.05) is 29.8 Å². The van der Waals surface area contributed by atoms with Crippen LogP contribution in [0.1, 0.15) is 24.0 Å². The fraction of sp³-hybridized carbons (Fsp3) is 0.412. The van der Waals surface area contributed by atoms with Gasteiger partial charge in [0.05, 0.1) is 18.2 Å². The van der Waals surface area contributed by atoms with Crippen molar-refractivity contribution in [3.8, 4) is 0 Å². The quantitative estimate of drug-likeness (QED) is 0.499. The van der Waals surface area contributed by atoms with Crippen LogP contribution in [0.4, 0.5) is 0 Å². The fourth-order valence-electron chi connectivity index (χ4n) is 2.72. The first-order valence-corrected chi connectivity index (χ1v) is 7.39. The monoisotopic (exact) mass is 302 g/mol. The van der Waals surface area contributed by atoms with Crippen LogP contribution >= 0.6 is 0 Å². The molecule has 118 valence electrons. The Morgan fingerprint density at radius 3 is 2.73 bits per heavy atom. The summed E-state index contributed by atoms with van der Waals surface area (Å²) in [4.78, 5) is 14.3. The summed E-state index contributed by atoms with van der Waals surface area (Å²) in [6.45, 7) is 3.06. The first kappa shape index (κ1) is 16.2. The lowest BCUT2D eigenvalue weighted by Gasteiger charge is -2.24. The number of aliphatic hydroxyl groups excluding tert-OH is 1. The zero-order chi connectivity index (χ0) is 16.1. The third-order valence-corrected chi connectivity index (χ3v) is 3.95. The normalized spacial score (nSPS) is 19.0. The Morgan fingerprint density at radius 1 is 1.45 bits per heavy atom. The van der Waals surface area contributed by atoms with Crippen molar-refractivity contribution in [1.82, 2.24) is 4.90 Å². The average molecular weight is 302 g/mol. The van der Waals surface area contributed by atoms with Crippen LogP contribution in [0.3, 0.4) is 0 Å². The van der Waals surface area contributed by atoms with Crippen LogP contribution in [0.15, 0.2) is 29.8 Å². The smallest absolute Gasteiger partial charge is 0.259 e. The third-order valence-electron chi connectivity index (χ3n) is 3.95. The molecule has 1 aliphatic rings. The molecular weight excluding hydrogens is 280 g/mol. The zero-order valence-electron chi connectivity index (χ0n) is 13.0. The molecule has 2 N–H and O–H groups in total. The second-order valence-electron chi connectivity index (χ2n) is 5.52. The molecule has 0 bridgehead atoms. The maximum absolute atomic E-state index is 12.6. The van der Waals surface area contributed by atoms with Gasteiger partial charge in [-0.05, 0) is 19.8 Å². The Bertz CT molecular complexity index is 578. The second kappa shape index (κ2) is 7.22. The molecule has 1 atom stereocenters. The first-order valence-electron chi connectivity index (χ1n) is 7.39. The molecule has 1 aliphatic heterocycles. The Hall–Kier alpha value is -2.14. The number of aryl methyl sites for hydroxylation is 1. The summed E-state index contributed by atoms with van der Waals surface area (Å²) >= 11 is 0. The molecule has 0 aliphatic carbocycles. The van der Waals surface area contributed by atoms with Crippen LogP contribution in [0, 0.1) is 12.3 Å². The van der Waals surface area contributed by atoms with Crippen molar-refractivity contribution < 1.29 is 14.6 Å². The molecular formula is C17H22N2O3. The maximum atomic E-state index is 12.6. The van der Waals surface area contributed by atoms with Gasteiger partial charge in [0.15, 0.2) is 0 Å². The van der Waals surface area contributed by atoms with Crippen molar-refractivity contribution in [3.05, 3.63) is 41.0 Å². The van der Waals surface area contributed by atoms with Gasteiger partial charge < -0.3 is 20.2 Å². The number of ether oxygens (including phenoxy) is 1. The van der Waals surface area contributed by atoms with E-state index in [2.05, 4.69) is 0 Å². The number of carbonyl (C=O) groups excluding carboxylic acids is 1. The minimum Gasteiger partial charge on any atom is -0.506 e. The number of rotatable bonds is 5. The highest BCUT2D eigenvalue weighted by Gasteiger charge is 2.31. The number of methoxy groups -OCH3 is 1. The molecule has 0 saturated carbocycles. The largest absolute Gasteiger partial charge is 0.506 e. The Balaban J connectivity index is 2.29. The highest BCUT2D eigenvalue weighted by atomic mass is 16.5. The summed E-state index contributed by atoms with van der Waals surface area (Å²) in [5.41, 5.74) is 1.63. The first-order chi connectivity index (χ1) is 10.6. The predicted octanol–water partition coefficient (Wildman–Crippen LogP) is 2.55. The van der Waals surface area contributed by atoms with Gasteiger partial charge in [0, 0.05) is 25.4 Å². The average Bonchev–Trinajstić information content (AvgIpc) is 2.97. The molecule has 22 heavy (non-hydrogen) atoms. The number of nitrogens with one attached hydrogen (secondary N) is 1. The van der Waals surface area contributed by atoms with Gasteiger partial charge in [0.1, 0.15) is 5.76 Å². The number of amides is 1. The van der Waals surface area contributed by atoms with Crippen LogP contribution in [-0.2, 0) is 9.53 Å². The topological polar surface area (TPSA) is 73.6 Å². The predicted molar refractivity (Wildman–Crippen MR) is 86.1 cm³/mol. The molecule has 1 amide bonds. The van der Waals surface area contributed by atoms with Crippen molar-refractivity contribution >= 4 is 17.9 Å². The molecule has 1 aromatic rings. The molecule has 5 nitrogen and oxygen atoms in total. The van der Waals surface area contributed by atoms with E-state index in [-0.39, 0.29) is 23.3 Å². The van der Waals surface area contributed by atoms with Gasteiger partial charge in [0.2, 0.25) is 0 Å². The Labute approximate surface area is 130 Å². The number of benzene rings is 1. The van der Waals surface area contributed by atoms with Crippen LogP contribution in [0.25, 0.3) is 5.76 Å². The standard InChI is InChI=1S/C17H22N2O3/c1-12-5-7-13(8-6-12)16(20)15(10-18)17(21)19-9-3-4-14(19)11-22-2/h5-8,10,14,18,20H,3-4,9,11H2,1-2H3/b16-15+,18-10?. The van der Waals surface area contributed by atoms with E-state index in [4.69, 9.17) is 10.1 Å². The highest BCUT2D eigenvalue weighted by molar-refractivity contribution is 6.16. The van der Waals surface area contributed by atoms with Gasteiger partial charge in [0.25, 0.3) is 5.91 Å². The maximum Gasteiger partial charge on any atom is 0.259 e. The molecule has 1 fully saturated rings. The van der Waals surface area contributed by atoms with Gasteiger partial charge in [-0.25, -0.2) is 0 Å². The lowest BCUT2D eigenvalue weighted by molar-refractivity contribution is -0.128. The van der Waals surface area contributed by atoms with Gasteiger partial charge >= 0.3 is 0 Å². The van der Waals surface area contributed by atoms with E-state index >= 15 is 0 Å². The van der Waals surface area contributed by atoms with E-state index in [1.165, 1.54) is 0 Å². The number of carbonyl (C=O) groups is 1. The van der Waals surface area contributed by atoms with Crippen molar-refractivity contribution in [1.29, 1.82) is 5.41 Å². The zero-order valence-corrected chi connectivity index (χ0v) is 13.0. The lowest BCUT2D eigenvalue weighted by atomic mass is 10.1. The summed E-state index contributed by atoms with van der Waals surface area (Å²) in [6.07, 6.45) is 2.73. The van der Waals surface area contributed by atoms with Crippen molar-refractivity contribution in [3.63, 3.8) is 0 Å². The molecule has 0 aromatic heterocycles. The Morgan fingerprint density at radius 2 is 2.14 bits per heavy atom. The van der Waals surface area contributed by atoms with Gasteiger partial charge in [-0.3, -0.25) is 4.79 Å². The van der Waals surface area contributed by atoms with Crippen LogP contribution in [-0.4, -0.2) is 48.4 Å². The SMILES string of the molecule is COCC1CCCN1C(=O)/C(C=N)=C(/O)c1ccc(C)cc1. The van der Waals surface area contributed by atoms with Crippen LogP contribution in [0.5, 0.6) is 0 Å². The lowest BCUT2D eigenvalue weighted by Crippen LogP contribution is -2.39. The van der Waals surface area contributed by atoms with Crippen molar-refractivity contribution in [2.24, 2.45) is 0 Å². The number of aliphatic hydroxyl groups is 1. The minimum atomic E-state index is -0.312. The molecule has 0 spiro atoms. The molecule has 1 heterocycles. The van der Waals surface area contributed by atoms with Gasteiger partial charge in [-0.2, -0.15) is 0 Å². The fourth-order valence-corrected chi connectivity index (χ4v) is 2.72. The van der Waals surface area contributed by atoms with E-state index in [0.29, 0.717) is 18.7 Å². The number of hydrogen-bond acceptors (Lipinski definition) is 4. The van der Waals surface area contributed by atoms with Gasteiger partial charge in [-0.15, -0.1) is 0 Å². The summed E-state index contributed by atoms with van der Waals surface area (Å²) < 4.78 is 5.15. The minimum absolute atomic E-state index is 0.0123. The molecule has 0 radical (unpaired) electrons. The number of likely N-dealkylation sites (tertiary alicyclic amines) is 1. The van der Waals surface area contributed by atoms with Crippen molar-refractivity contribution in [2.45, 2.75) is 25.8 Å². The Kier molecular flexibility index (Phi) is 5.33. The van der Waals surface area contributed by atoms with Crippen LogP contribution in [0.2, 0.25) is 0 Å². The second-order valence-corrected chi connectivity index (χ2v) is 5.52. The summed E-state index contributed by atoms with van der Waals surface area (Å²) in [6, 6.07) is 7.23. The van der Waals surface area contributed by atoms with E-state index in [0.717, 1.165) is 24.6 Å². The van der Waals surface area contributed by atoms with E-state index in [1.54, 1.807) is 24.1 Å². The van der Waals surface area contributed by atoms with Crippen molar-refractivity contribution in [2.75, 3.05) is 20.3 Å². The highest BCUT2D eigenvalue weighted by Crippen LogP contribution is 2.23. The summed E-state index contributed by atoms with van der Waals surface area (Å²) in [5.74, 6) is -0.462.